The van der Waals surface area contributed by atoms with Crippen molar-refractivity contribution in [1.29, 1.82) is 0 Å². The van der Waals surface area contributed by atoms with Crippen LogP contribution in [0.25, 0.3) is 0 Å². The average Bonchev–Trinajstić information content (AvgIpc) is 3.37. The maximum atomic E-state index is 10.9. The topological polar surface area (TPSA) is 46.5 Å². The zero-order valence-corrected chi connectivity index (χ0v) is 20.1. The highest BCUT2D eigenvalue weighted by Crippen LogP contribution is 2.54. The summed E-state index contributed by atoms with van der Waals surface area (Å²) in [6.07, 6.45) is 8.61. The number of aliphatic carboxylic acids is 1. The van der Waals surface area contributed by atoms with Gasteiger partial charge in [-0.2, -0.15) is 0 Å². The minimum atomic E-state index is -0.899. The van der Waals surface area contributed by atoms with Crippen molar-refractivity contribution >= 4 is 5.97 Å². The van der Waals surface area contributed by atoms with Crippen molar-refractivity contribution in [3.63, 3.8) is 0 Å². The number of carbonyl (C=O) groups is 1. The molecule has 1 aliphatic carbocycles. The lowest BCUT2D eigenvalue weighted by Crippen LogP contribution is -2.19. The van der Waals surface area contributed by atoms with E-state index in [1.807, 2.05) is 13.0 Å². The van der Waals surface area contributed by atoms with E-state index in [2.05, 4.69) is 66.7 Å². The Morgan fingerprint density at radius 3 is 2.37 bits per heavy atom. The van der Waals surface area contributed by atoms with Gasteiger partial charge in [0, 0.05) is 11.6 Å². The van der Waals surface area contributed by atoms with Gasteiger partial charge in [-0.3, -0.25) is 0 Å². The predicted molar refractivity (Wildman–Crippen MR) is 126 cm³/mol. The first-order chi connectivity index (χ1) is 13.8. The van der Waals surface area contributed by atoms with Crippen LogP contribution in [0.1, 0.15) is 97.3 Å². The molecule has 0 spiro atoms. The number of hydrogen-bond acceptors (Lipinski definition) is 2. The molecule has 30 heavy (non-hydrogen) atoms. The highest BCUT2D eigenvalue weighted by atomic mass is 16.5. The summed E-state index contributed by atoms with van der Waals surface area (Å²) in [6.45, 7) is 18.3. The lowest BCUT2D eigenvalue weighted by Gasteiger charge is -2.29. The lowest BCUT2D eigenvalue weighted by molar-refractivity contribution is -0.131. The number of rotatable bonds is 8. The summed E-state index contributed by atoms with van der Waals surface area (Å²) in [6, 6.07) is 4.70. The van der Waals surface area contributed by atoms with E-state index in [0.29, 0.717) is 11.8 Å². The summed E-state index contributed by atoms with van der Waals surface area (Å²) in [5.74, 6) is 1.03. The van der Waals surface area contributed by atoms with Crippen LogP contribution in [0, 0.1) is 5.92 Å². The molecule has 0 unspecified atom stereocenters. The van der Waals surface area contributed by atoms with Gasteiger partial charge in [0.05, 0.1) is 6.61 Å². The molecular formula is C27H40O3. The first kappa shape index (κ1) is 24.2. The molecule has 3 heteroatoms. The van der Waals surface area contributed by atoms with Crippen molar-refractivity contribution in [2.24, 2.45) is 5.92 Å². The van der Waals surface area contributed by atoms with Gasteiger partial charge in [-0.25, -0.2) is 4.79 Å². The highest BCUT2D eigenvalue weighted by Gasteiger charge is 2.40. The van der Waals surface area contributed by atoms with E-state index in [9.17, 15) is 4.79 Å². The van der Waals surface area contributed by atoms with E-state index in [0.717, 1.165) is 37.2 Å². The second-order valence-electron chi connectivity index (χ2n) is 10.7. The first-order valence-corrected chi connectivity index (χ1v) is 11.3. The number of carboxylic acid groups (broad SMARTS) is 1. The van der Waals surface area contributed by atoms with Crippen LogP contribution in [0.4, 0.5) is 0 Å². The van der Waals surface area contributed by atoms with Crippen LogP contribution in [0.5, 0.6) is 5.75 Å². The molecule has 1 aliphatic rings. The fraction of sp³-hybridized carbons (Fsp3) is 0.593. The Hall–Kier alpha value is -2.03. The Labute approximate surface area is 183 Å². The van der Waals surface area contributed by atoms with Gasteiger partial charge in [-0.1, -0.05) is 79.2 Å². The molecule has 3 nitrogen and oxygen atoms in total. The molecule has 1 saturated carbocycles. The fourth-order valence-corrected chi connectivity index (χ4v) is 3.70. The van der Waals surface area contributed by atoms with Crippen LogP contribution in [0.15, 0.2) is 35.9 Å². The van der Waals surface area contributed by atoms with Crippen LogP contribution in [0.3, 0.4) is 0 Å². The van der Waals surface area contributed by atoms with Gasteiger partial charge in [0.1, 0.15) is 5.75 Å². The molecular weight excluding hydrogens is 372 g/mol. The van der Waals surface area contributed by atoms with Gasteiger partial charge in [0.2, 0.25) is 0 Å². The van der Waals surface area contributed by atoms with E-state index in [1.165, 1.54) is 22.8 Å². The molecule has 0 aliphatic heterocycles. The second kappa shape index (κ2) is 9.41. The molecule has 0 radical (unpaired) electrons. The van der Waals surface area contributed by atoms with Crippen molar-refractivity contribution in [2.75, 3.05) is 6.61 Å². The van der Waals surface area contributed by atoms with Gasteiger partial charge in [-0.05, 0) is 59.1 Å². The van der Waals surface area contributed by atoms with Gasteiger partial charge in [-0.15, -0.1) is 0 Å². The molecule has 1 fully saturated rings. The normalized spacial score (nSPS) is 19.9. The molecule has 1 aromatic carbocycles. The van der Waals surface area contributed by atoms with Gasteiger partial charge in [0.25, 0.3) is 0 Å². The standard InChI is InChI=1S/C27H40O3/c1-9-10-13-30-25-22(21-15-19(21)12-11-18(2)14-24(28)29)16-20(26(3,4)5)17-23(25)27(6,7)8/h11-12,14,16-17,19,21H,9-10,13,15H2,1-8H3,(H,28,29)/b12-11+,18-14+/t19-,21+/m0/s1. The monoisotopic (exact) mass is 412 g/mol. The Balaban J connectivity index is 2.46. The molecule has 0 bridgehead atoms. The van der Waals surface area contributed by atoms with E-state index in [1.54, 1.807) is 0 Å². The predicted octanol–water partition coefficient (Wildman–Crippen LogP) is 7.15. The van der Waals surface area contributed by atoms with Crippen molar-refractivity contribution in [3.8, 4) is 5.75 Å². The van der Waals surface area contributed by atoms with Gasteiger partial charge < -0.3 is 9.84 Å². The largest absolute Gasteiger partial charge is 0.493 e. The number of hydrogen-bond donors (Lipinski definition) is 1. The highest BCUT2D eigenvalue weighted by molar-refractivity contribution is 5.81. The third kappa shape index (κ3) is 6.48. The molecule has 166 valence electrons. The minimum Gasteiger partial charge on any atom is -0.493 e. The van der Waals surface area contributed by atoms with E-state index in [-0.39, 0.29) is 10.8 Å². The third-order valence-electron chi connectivity index (χ3n) is 5.73. The van der Waals surface area contributed by atoms with E-state index < -0.39 is 5.97 Å². The Morgan fingerprint density at radius 2 is 1.83 bits per heavy atom. The van der Waals surface area contributed by atoms with Crippen LogP contribution >= 0.6 is 0 Å². The summed E-state index contributed by atoms with van der Waals surface area (Å²) in [5, 5.41) is 8.92. The molecule has 1 N–H and O–H groups in total. The number of ether oxygens (including phenoxy) is 1. The molecule has 2 rings (SSSR count). The maximum absolute atomic E-state index is 10.9. The summed E-state index contributed by atoms with van der Waals surface area (Å²) in [5.41, 5.74) is 4.79. The smallest absolute Gasteiger partial charge is 0.328 e. The molecule has 0 saturated heterocycles. The third-order valence-corrected chi connectivity index (χ3v) is 5.73. The molecule has 0 amide bonds. The number of benzene rings is 1. The van der Waals surface area contributed by atoms with Crippen LogP contribution in [0.2, 0.25) is 0 Å². The Morgan fingerprint density at radius 1 is 1.17 bits per heavy atom. The van der Waals surface area contributed by atoms with Crippen molar-refractivity contribution in [3.05, 3.63) is 52.6 Å². The summed E-state index contributed by atoms with van der Waals surface area (Å²) >= 11 is 0. The van der Waals surface area contributed by atoms with Gasteiger partial charge in [0.15, 0.2) is 0 Å². The SMILES string of the molecule is CCCCOc1c([C@@H]2C[C@@H]2/C=C/C(C)=C/C(=O)O)cc(C(C)(C)C)cc1C(C)(C)C. The van der Waals surface area contributed by atoms with E-state index in [4.69, 9.17) is 9.84 Å². The Bertz CT molecular complexity index is 816. The summed E-state index contributed by atoms with van der Waals surface area (Å²) in [7, 11) is 0. The minimum absolute atomic E-state index is 0.00139. The summed E-state index contributed by atoms with van der Waals surface area (Å²) < 4.78 is 6.42. The second-order valence-corrected chi connectivity index (χ2v) is 10.7. The Kier molecular flexibility index (Phi) is 7.60. The quantitative estimate of drug-likeness (QED) is 0.280. The molecule has 1 aromatic rings. The van der Waals surface area contributed by atoms with E-state index >= 15 is 0 Å². The lowest BCUT2D eigenvalue weighted by atomic mass is 9.78. The average molecular weight is 413 g/mol. The van der Waals surface area contributed by atoms with Crippen molar-refractivity contribution in [2.45, 2.75) is 91.4 Å². The van der Waals surface area contributed by atoms with Crippen LogP contribution < -0.4 is 4.74 Å². The van der Waals surface area contributed by atoms with Crippen molar-refractivity contribution < 1.29 is 14.6 Å². The molecule has 0 heterocycles. The molecule has 0 aromatic heterocycles. The number of allylic oxidation sites excluding steroid dienone is 3. The van der Waals surface area contributed by atoms with Crippen LogP contribution in [-0.2, 0) is 15.6 Å². The first-order valence-electron chi connectivity index (χ1n) is 11.3. The molecule has 2 atom stereocenters. The zero-order chi connectivity index (χ0) is 22.7. The zero-order valence-electron chi connectivity index (χ0n) is 20.1. The van der Waals surface area contributed by atoms with Crippen LogP contribution in [-0.4, -0.2) is 17.7 Å². The maximum Gasteiger partial charge on any atom is 0.328 e. The van der Waals surface area contributed by atoms with Gasteiger partial charge >= 0.3 is 5.97 Å². The number of unbranched alkanes of at least 4 members (excludes halogenated alkanes) is 1. The van der Waals surface area contributed by atoms with Crippen molar-refractivity contribution in [1.82, 2.24) is 0 Å². The number of carboxylic acids is 1. The summed E-state index contributed by atoms with van der Waals surface area (Å²) in [4.78, 5) is 10.9. The fourth-order valence-electron chi connectivity index (χ4n) is 3.70.